The number of esters is 1. The Morgan fingerprint density at radius 1 is 0.938 bits per heavy atom. The van der Waals surface area contributed by atoms with E-state index in [4.69, 9.17) is 14.2 Å². The second kappa shape index (κ2) is 10.2. The number of fused-ring (bicyclic) bond motifs is 3. The lowest BCUT2D eigenvalue weighted by atomic mass is 10.1. The van der Waals surface area contributed by atoms with Crippen LogP contribution in [-0.2, 0) is 20.7 Å². The normalized spacial score (nSPS) is 14.0. The van der Waals surface area contributed by atoms with E-state index in [1.807, 2.05) is 49.5 Å². The van der Waals surface area contributed by atoms with Gasteiger partial charge in [-0.15, -0.1) is 0 Å². The number of carbonyl (C=O) groups is 1. The summed E-state index contributed by atoms with van der Waals surface area (Å²) in [6, 6.07) is 20.2. The molecule has 1 atom stereocenters. The number of rotatable bonds is 9. The van der Waals surface area contributed by atoms with E-state index in [1.54, 1.807) is 6.92 Å². The highest BCUT2D eigenvalue weighted by Gasteiger charge is 2.23. The summed E-state index contributed by atoms with van der Waals surface area (Å²) in [4.78, 5) is 16.7. The van der Waals surface area contributed by atoms with Crippen molar-refractivity contribution < 1.29 is 19.0 Å². The molecule has 0 N–H and O–H groups in total. The molecule has 0 saturated carbocycles. The number of nitrogens with zero attached hydrogens (tertiary/aromatic N) is 1. The van der Waals surface area contributed by atoms with Crippen molar-refractivity contribution in [2.24, 2.45) is 0 Å². The zero-order valence-electron chi connectivity index (χ0n) is 18.4. The summed E-state index contributed by atoms with van der Waals surface area (Å²) in [5, 5.41) is 0. The summed E-state index contributed by atoms with van der Waals surface area (Å²) in [6.45, 7) is 4.90. The Balaban J connectivity index is 1.42. The van der Waals surface area contributed by atoms with Gasteiger partial charge in [0.25, 0.3) is 0 Å². The van der Waals surface area contributed by atoms with Gasteiger partial charge in [0, 0.05) is 30.4 Å². The quantitative estimate of drug-likeness (QED) is 0.347. The highest BCUT2D eigenvalue weighted by Crippen LogP contribution is 2.42. The Kier molecular flexibility index (Phi) is 6.97. The maximum absolute atomic E-state index is 12.1. The molecule has 1 aromatic heterocycles. The van der Waals surface area contributed by atoms with E-state index in [9.17, 15) is 4.79 Å². The predicted molar refractivity (Wildman–Crippen MR) is 124 cm³/mol. The maximum atomic E-state index is 12.1. The van der Waals surface area contributed by atoms with Gasteiger partial charge >= 0.3 is 5.97 Å². The van der Waals surface area contributed by atoms with Crippen LogP contribution < -0.4 is 4.74 Å². The lowest BCUT2D eigenvalue weighted by Crippen LogP contribution is -2.28. The lowest BCUT2D eigenvalue weighted by Gasteiger charge is -2.15. The van der Waals surface area contributed by atoms with Crippen LogP contribution in [0.3, 0.4) is 0 Å². The molecule has 4 rings (SSSR count). The van der Waals surface area contributed by atoms with Crippen molar-refractivity contribution in [3.63, 3.8) is 0 Å². The summed E-state index contributed by atoms with van der Waals surface area (Å²) >= 11 is 0. The van der Waals surface area contributed by atoms with Crippen molar-refractivity contribution in [3.05, 3.63) is 89.8 Å². The standard InChI is InChI=1S/C27H27NO4/c1-3-30-25(27(29)31-4-2)18-19-11-13-20(14-12-19)32-17-15-24-22-9-6-5-8-21(22)23-10-7-16-28-26(23)24/h5-16,25H,3-4,17-18H2,1-2H3/b24-15+. The molecule has 0 amide bonds. The molecule has 32 heavy (non-hydrogen) atoms. The second-order valence-electron chi connectivity index (χ2n) is 7.42. The fourth-order valence-corrected chi connectivity index (χ4v) is 3.93. The molecule has 0 fully saturated rings. The van der Waals surface area contributed by atoms with Gasteiger partial charge in [-0.25, -0.2) is 4.79 Å². The second-order valence-corrected chi connectivity index (χ2v) is 7.42. The molecule has 0 spiro atoms. The Bertz CT molecular complexity index is 1060. The highest BCUT2D eigenvalue weighted by atomic mass is 16.6. The van der Waals surface area contributed by atoms with Crippen LogP contribution in [0.2, 0.25) is 0 Å². The average molecular weight is 430 g/mol. The molecule has 0 saturated heterocycles. The molecular formula is C27H27NO4. The number of hydrogen-bond donors (Lipinski definition) is 0. The molecule has 5 nitrogen and oxygen atoms in total. The monoisotopic (exact) mass is 429 g/mol. The number of hydrogen-bond acceptors (Lipinski definition) is 5. The summed E-state index contributed by atoms with van der Waals surface area (Å²) in [5.74, 6) is 0.439. The molecule has 1 heterocycles. The molecule has 0 radical (unpaired) electrons. The van der Waals surface area contributed by atoms with E-state index < -0.39 is 6.10 Å². The van der Waals surface area contributed by atoms with E-state index in [0.29, 0.717) is 26.2 Å². The average Bonchev–Trinajstić information content (AvgIpc) is 3.14. The van der Waals surface area contributed by atoms with Crippen molar-refractivity contribution >= 4 is 11.5 Å². The van der Waals surface area contributed by atoms with E-state index in [-0.39, 0.29) is 5.97 Å². The Morgan fingerprint density at radius 3 is 2.44 bits per heavy atom. The third kappa shape index (κ3) is 4.73. The first-order valence-corrected chi connectivity index (χ1v) is 11.0. The van der Waals surface area contributed by atoms with Crippen molar-refractivity contribution in [2.75, 3.05) is 19.8 Å². The molecule has 3 aromatic rings. The highest BCUT2D eigenvalue weighted by molar-refractivity contribution is 5.99. The molecule has 1 aliphatic carbocycles. The summed E-state index contributed by atoms with van der Waals surface area (Å²) in [5.41, 5.74) is 6.63. The molecule has 0 aliphatic heterocycles. The fraction of sp³-hybridized carbons (Fsp3) is 0.259. The van der Waals surface area contributed by atoms with E-state index in [1.165, 1.54) is 11.1 Å². The maximum Gasteiger partial charge on any atom is 0.335 e. The minimum absolute atomic E-state index is 0.327. The Hall–Kier alpha value is -3.44. The van der Waals surface area contributed by atoms with Gasteiger partial charge in [-0.2, -0.15) is 0 Å². The molecule has 0 bridgehead atoms. The largest absolute Gasteiger partial charge is 0.490 e. The third-order valence-electron chi connectivity index (χ3n) is 5.37. The van der Waals surface area contributed by atoms with Gasteiger partial charge in [0.05, 0.1) is 12.3 Å². The molecule has 1 unspecified atom stereocenters. The van der Waals surface area contributed by atoms with Crippen LogP contribution in [-0.4, -0.2) is 36.9 Å². The van der Waals surface area contributed by atoms with Gasteiger partial charge < -0.3 is 14.2 Å². The molecule has 164 valence electrons. The lowest BCUT2D eigenvalue weighted by molar-refractivity contribution is -0.156. The van der Waals surface area contributed by atoms with Crippen LogP contribution >= 0.6 is 0 Å². The van der Waals surface area contributed by atoms with Crippen LogP contribution in [0.4, 0.5) is 0 Å². The minimum atomic E-state index is -0.591. The van der Waals surface area contributed by atoms with Crippen LogP contribution in [0.15, 0.2) is 72.9 Å². The predicted octanol–water partition coefficient (Wildman–Crippen LogP) is 5.08. The van der Waals surface area contributed by atoms with Gasteiger partial charge in [-0.3, -0.25) is 4.98 Å². The first-order chi connectivity index (χ1) is 15.7. The smallest absolute Gasteiger partial charge is 0.335 e. The number of ether oxygens (including phenoxy) is 3. The summed E-state index contributed by atoms with van der Waals surface area (Å²) < 4.78 is 16.6. The zero-order valence-corrected chi connectivity index (χ0v) is 18.4. The van der Waals surface area contributed by atoms with Crippen LogP contribution in [0.25, 0.3) is 16.7 Å². The van der Waals surface area contributed by atoms with Gasteiger partial charge in [0.2, 0.25) is 0 Å². The van der Waals surface area contributed by atoms with Crippen molar-refractivity contribution in [3.8, 4) is 16.9 Å². The number of carbonyl (C=O) groups excluding carboxylic acids is 1. The van der Waals surface area contributed by atoms with Crippen molar-refractivity contribution in [2.45, 2.75) is 26.4 Å². The van der Waals surface area contributed by atoms with Gasteiger partial charge in [0.1, 0.15) is 12.4 Å². The van der Waals surface area contributed by atoms with Crippen molar-refractivity contribution in [1.29, 1.82) is 0 Å². The van der Waals surface area contributed by atoms with Crippen LogP contribution in [0, 0.1) is 0 Å². The van der Waals surface area contributed by atoms with Gasteiger partial charge in [-0.1, -0.05) is 42.5 Å². The number of aromatic nitrogens is 1. The topological polar surface area (TPSA) is 57.7 Å². The minimum Gasteiger partial charge on any atom is -0.490 e. The van der Waals surface area contributed by atoms with Gasteiger partial charge in [0.15, 0.2) is 6.10 Å². The van der Waals surface area contributed by atoms with E-state index in [2.05, 4.69) is 35.3 Å². The van der Waals surface area contributed by atoms with Crippen LogP contribution in [0.1, 0.15) is 30.7 Å². The van der Waals surface area contributed by atoms with E-state index >= 15 is 0 Å². The van der Waals surface area contributed by atoms with Crippen molar-refractivity contribution in [1.82, 2.24) is 4.98 Å². The van der Waals surface area contributed by atoms with Gasteiger partial charge in [-0.05, 0) is 54.8 Å². The van der Waals surface area contributed by atoms with E-state index in [0.717, 1.165) is 28.1 Å². The van der Waals surface area contributed by atoms with Crippen LogP contribution in [0.5, 0.6) is 5.75 Å². The summed E-state index contributed by atoms with van der Waals surface area (Å²) in [6.07, 6.45) is 3.78. The third-order valence-corrected chi connectivity index (χ3v) is 5.37. The first kappa shape index (κ1) is 21.8. The molecular weight excluding hydrogens is 402 g/mol. The number of benzene rings is 2. The SMILES string of the molecule is CCOC(=O)C(Cc1ccc(OC/C=C2\c3ccccc3-c3cccnc32)cc1)OCC. The molecule has 5 heteroatoms. The Morgan fingerprint density at radius 2 is 1.69 bits per heavy atom. The first-order valence-electron chi connectivity index (χ1n) is 11.0. The molecule has 2 aromatic carbocycles. The Labute approximate surface area is 188 Å². The zero-order chi connectivity index (χ0) is 22.3. The number of pyridine rings is 1. The fourth-order valence-electron chi connectivity index (χ4n) is 3.93. The molecule has 1 aliphatic rings. The summed E-state index contributed by atoms with van der Waals surface area (Å²) in [7, 11) is 0.